The van der Waals surface area contributed by atoms with E-state index in [1.807, 2.05) is 24.3 Å². The standard InChI is InChI=1S/C15H20N2O3/c1-3-5-13(14(18)19)17-15(20)16-10-12-8-6-11(4-2)7-9-12/h3,6-9,13H,1,4-5,10H2,2H3,(H,18,19)(H2,16,17,20). The first-order valence-corrected chi connectivity index (χ1v) is 6.52. The molecule has 108 valence electrons. The molecule has 0 aliphatic carbocycles. The van der Waals surface area contributed by atoms with Gasteiger partial charge in [0.25, 0.3) is 0 Å². The summed E-state index contributed by atoms with van der Waals surface area (Å²) in [4.78, 5) is 22.5. The fourth-order valence-corrected chi connectivity index (χ4v) is 1.67. The summed E-state index contributed by atoms with van der Waals surface area (Å²) in [5.41, 5.74) is 2.20. The number of amides is 2. The molecule has 1 atom stereocenters. The highest BCUT2D eigenvalue weighted by atomic mass is 16.4. The van der Waals surface area contributed by atoms with E-state index in [-0.39, 0.29) is 6.42 Å². The van der Waals surface area contributed by atoms with E-state index in [9.17, 15) is 9.59 Å². The van der Waals surface area contributed by atoms with Crippen LogP contribution >= 0.6 is 0 Å². The molecule has 0 aliphatic rings. The Kier molecular flexibility index (Phi) is 6.29. The molecule has 0 saturated heterocycles. The molecule has 5 nitrogen and oxygen atoms in total. The summed E-state index contributed by atoms with van der Waals surface area (Å²) in [7, 11) is 0. The lowest BCUT2D eigenvalue weighted by Gasteiger charge is -2.13. The number of aliphatic carboxylic acids is 1. The van der Waals surface area contributed by atoms with Crippen molar-refractivity contribution < 1.29 is 14.7 Å². The van der Waals surface area contributed by atoms with Crippen LogP contribution in [0.5, 0.6) is 0 Å². The van der Waals surface area contributed by atoms with Crippen LogP contribution < -0.4 is 10.6 Å². The van der Waals surface area contributed by atoms with Gasteiger partial charge in [-0.3, -0.25) is 0 Å². The molecular formula is C15H20N2O3. The van der Waals surface area contributed by atoms with Crippen molar-refractivity contribution in [2.24, 2.45) is 0 Å². The van der Waals surface area contributed by atoms with Crippen LogP contribution in [0.25, 0.3) is 0 Å². The van der Waals surface area contributed by atoms with Gasteiger partial charge in [0.05, 0.1) is 0 Å². The molecule has 0 heterocycles. The molecule has 0 aromatic heterocycles. The third-order valence-electron chi connectivity index (χ3n) is 2.89. The quantitative estimate of drug-likeness (QED) is 0.667. The van der Waals surface area contributed by atoms with E-state index < -0.39 is 18.0 Å². The third-order valence-corrected chi connectivity index (χ3v) is 2.89. The maximum Gasteiger partial charge on any atom is 0.326 e. The maximum atomic E-state index is 11.6. The molecule has 1 rings (SSSR count). The fraction of sp³-hybridized carbons (Fsp3) is 0.333. The van der Waals surface area contributed by atoms with Crippen LogP contribution in [0.15, 0.2) is 36.9 Å². The second kappa shape index (κ2) is 7.99. The van der Waals surface area contributed by atoms with E-state index in [1.165, 1.54) is 11.6 Å². The average molecular weight is 276 g/mol. The van der Waals surface area contributed by atoms with Gasteiger partial charge in [0.1, 0.15) is 6.04 Å². The monoisotopic (exact) mass is 276 g/mol. The lowest BCUT2D eigenvalue weighted by molar-refractivity contribution is -0.139. The fourth-order valence-electron chi connectivity index (χ4n) is 1.67. The summed E-state index contributed by atoms with van der Waals surface area (Å²) in [6.45, 7) is 5.90. The van der Waals surface area contributed by atoms with Crippen molar-refractivity contribution in [3.8, 4) is 0 Å². The van der Waals surface area contributed by atoms with Gasteiger partial charge in [0.2, 0.25) is 0 Å². The number of rotatable bonds is 7. The molecule has 0 fully saturated rings. The van der Waals surface area contributed by atoms with Crippen molar-refractivity contribution in [1.82, 2.24) is 10.6 Å². The number of carbonyl (C=O) groups is 2. The Labute approximate surface area is 118 Å². The molecule has 0 bridgehead atoms. The number of hydrogen-bond acceptors (Lipinski definition) is 2. The van der Waals surface area contributed by atoms with Gasteiger partial charge in [-0.25, -0.2) is 9.59 Å². The third kappa shape index (κ3) is 5.14. The number of aryl methyl sites for hydroxylation is 1. The zero-order chi connectivity index (χ0) is 15.0. The highest BCUT2D eigenvalue weighted by Crippen LogP contribution is 2.04. The Morgan fingerprint density at radius 3 is 2.40 bits per heavy atom. The van der Waals surface area contributed by atoms with Gasteiger partial charge in [-0.1, -0.05) is 37.3 Å². The molecule has 20 heavy (non-hydrogen) atoms. The van der Waals surface area contributed by atoms with Crippen molar-refractivity contribution in [3.05, 3.63) is 48.0 Å². The summed E-state index contributed by atoms with van der Waals surface area (Å²) < 4.78 is 0. The normalized spacial score (nSPS) is 11.4. The van der Waals surface area contributed by atoms with Crippen LogP contribution in [0, 0.1) is 0 Å². The Bertz CT molecular complexity index is 469. The molecule has 5 heteroatoms. The lowest BCUT2D eigenvalue weighted by Crippen LogP contribution is -2.45. The Morgan fingerprint density at radius 2 is 1.90 bits per heavy atom. The van der Waals surface area contributed by atoms with E-state index in [1.54, 1.807) is 0 Å². The van der Waals surface area contributed by atoms with Crippen LogP contribution in [0.1, 0.15) is 24.5 Å². The van der Waals surface area contributed by atoms with Crippen LogP contribution in [-0.4, -0.2) is 23.1 Å². The molecule has 2 amide bonds. The zero-order valence-electron chi connectivity index (χ0n) is 11.6. The molecule has 1 aromatic rings. The number of carbonyl (C=O) groups excluding carboxylic acids is 1. The Hall–Kier alpha value is -2.30. The van der Waals surface area contributed by atoms with Crippen molar-refractivity contribution in [2.75, 3.05) is 0 Å². The van der Waals surface area contributed by atoms with E-state index in [0.29, 0.717) is 6.54 Å². The number of urea groups is 1. The summed E-state index contributed by atoms with van der Waals surface area (Å²) in [5, 5.41) is 13.9. The molecule has 0 saturated carbocycles. The first kappa shape index (κ1) is 15.8. The topological polar surface area (TPSA) is 78.4 Å². The van der Waals surface area contributed by atoms with E-state index >= 15 is 0 Å². The highest BCUT2D eigenvalue weighted by molar-refractivity contribution is 5.82. The minimum atomic E-state index is -1.08. The Balaban J connectivity index is 2.45. The second-order valence-corrected chi connectivity index (χ2v) is 4.41. The first-order chi connectivity index (χ1) is 9.56. The lowest BCUT2D eigenvalue weighted by atomic mass is 10.1. The molecule has 1 unspecified atom stereocenters. The molecular weight excluding hydrogens is 256 g/mol. The molecule has 1 aromatic carbocycles. The number of nitrogens with one attached hydrogen (secondary N) is 2. The number of carboxylic acid groups (broad SMARTS) is 1. The van der Waals surface area contributed by atoms with E-state index in [0.717, 1.165) is 12.0 Å². The maximum absolute atomic E-state index is 11.6. The predicted octanol–water partition coefficient (Wildman–Crippen LogP) is 2.08. The number of hydrogen-bond donors (Lipinski definition) is 3. The second-order valence-electron chi connectivity index (χ2n) is 4.41. The summed E-state index contributed by atoms with van der Waals surface area (Å²) in [6.07, 6.45) is 2.62. The van der Waals surface area contributed by atoms with Gasteiger partial charge >= 0.3 is 12.0 Å². The van der Waals surface area contributed by atoms with E-state index in [4.69, 9.17) is 5.11 Å². The summed E-state index contributed by atoms with van der Waals surface area (Å²) >= 11 is 0. The van der Waals surface area contributed by atoms with Gasteiger partial charge in [-0.05, 0) is 24.0 Å². The van der Waals surface area contributed by atoms with Gasteiger partial charge in [-0.2, -0.15) is 0 Å². The van der Waals surface area contributed by atoms with Crippen LogP contribution in [-0.2, 0) is 17.8 Å². The van der Waals surface area contributed by atoms with Gasteiger partial charge < -0.3 is 15.7 Å². The Morgan fingerprint density at radius 1 is 1.30 bits per heavy atom. The molecule has 0 radical (unpaired) electrons. The highest BCUT2D eigenvalue weighted by Gasteiger charge is 2.17. The molecule has 3 N–H and O–H groups in total. The van der Waals surface area contributed by atoms with Crippen LogP contribution in [0.4, 0.5) is 4.79 Å². The minimum absolute atomic E-state index is 0.188. The number of benzene rings is 1. The van der Waals surface area contributed by atoms with Crippen molar-refractivity contribution in [1.29, 1.82) is 0 Å². The van der Waals surface area contributed by atoms with Crippen molar-refractivity contribution in [3.63, 3.8) is 0 Å². The molecule has 0 aliphatic heterocycles. The van der Waals surface area contributed by atoms with Crippen LogP contribution in [0.2, 0.25) is 0 Å². The predicted molar refractivity (Wildman–Crippen MR) is 77.4 cm³/mol. The summed E-state index contributed by atoms with van der Waals surface area (Å²) in [6, 6.07) is 6.45. The van der Waals surface area contributed by atoms with E-state index in [2.05, 4.69) is 24.1 Å². The van der Waals surface area contributed by atoms with Crippen molar-refractivity contribution in [2.45, 2.75) is 32.4 Å². The first-order valence-electron chi connectivity index (χ1n) is 6.52. The summed E-state index contributed by atoms with van der Waals surface area (Å²) in [5.74, 6) is -1.08. The van der Waals surface area contributed by atoms with Gasteiger partial charge in [0, 0.05) is 6.54 Å². The van der Waals surface area contributed by atoms with Crippen molar-refractivity contribution >= 4 is 12.0 Å². The number of carboxylic acids is 1. The van der Waals surface area contributed by atoms with Gasteiger partial charge in [-0.15, -0.1) is 6.58 Å². The average Bonchev–Trinajstić information content (AvgIpc) is 2.45. The van der Waals surface area contributed by atoms with Gasteiger partial charge in [0.15, 0.2) is 0 Å². The smallest absolute Gasteiger partial charge is 0.326 e. The van der Waals surface area contributed by atoms with Crippen LogP contribution in [0.3, 0.4) is 0 Å². The molecule has 0 spiro atoms. The largest absolute Gasteiger partial charge is 0.480 e. The zero-order valence-corrected chi connectivity index (χ0v) is 11.6. The minimum Gasteiger partial charge on any atom is -0.480 e. The SMILES string of the molecule is C=CCC(NC(=O)NCc1ccc(CC)cc1)C(=O)O.